The average Bonchev–Trinajstić information content (AvgIpc) is 3.21. The van der Waals surface area contributed by atoms with Gasteiger partial charge in [0.1, 0.15) is 5.65 Å². The summed E-state index contributed by atoms with van der Waals surface area (Å²) in [6.45, 7) is 6.83. The third-order valence-electron chi connectivity index (χ3n) is 5.95. The smallest absolute Gasteiger partial charge is 0.246 e. The summed E-state index contributed by atoms with van der Waals surface area (Å²) in [6, 6.07) is 14.2. The zero-order chi connectivity index (χ0) is 22.8. The first-order valence-corrected chi connectivity index (χ1v) is 11.1. The molecule has 4 aromatic rings. The number of piperazine rings is 1. The van der Waals surface area contributed by atoms with Gasteiger partial charge < -0.3 is 9.80 Å². The van der Waals surface area contributed by atoms with Crippen LogP contribution in [0, 0.1) is 13.8 Å². The number of imidazole rings is 1. The lowest BCUT2D eigenvalue weighted by Crippen LogP contribution is -2.48. The van der Waals surface area contributed by atoms with Crippen LogP contribution in [0.3, 0.4) is 0 Å². The molecule has 1 aliphatic rings. The van der Waals surface area contributed by atoms with Crippen molar-refractivity contribution in [2.24, 2.45) is 0 Å². The summed E-state index contributed by atoms with van der Waals surface area (Å²) in [4.78, 5) is 30.4. The molecule has 5 rings (SSSR count). The monoisotopic (exact) mass is 438 g/mol. The third-order valence-corrected chi connectivity index (χ3v) is 5.95. The van der Waals surface area contributed by atoms with E-state index in [2.05, 4.69) is 65.1 Å². The Morgan fingerprint density at radius 2 is 1.67 bits per heavy atom. The topological polar surface area (TPSA) is 66.6 Å². The van der Waals surface area contributed by atoms with Gasteiger partial charge in [0.2, 0.25) is 11.9 Å². The van der Waals surface area contributed by atoms with E-state index in [9.17, 15) is 4.79 Å². The molecule has 3 aromatic heterocycles. The highest BCUT2D eigenvalue weighted by molar-refractivity contribution is 5.93. The number of aryl methyl sites for hydroxylation is 2. The first-order chi connectivity index (χ1) is 16.1. The molecular weight excluding hydrogens is 412 g/mol. The molecule has 7 heteroatoms. The van der Waals surface area contributed by atoms with Crippen LogP contribution in [0.25, 0.3) is 23.0 Å². The van der Waals surface area contributed by atoms with Gasteiger partial charge in [-0.3, -0.25) is 9.20 Å². The quantitative estimate of drug-likeness (QED) is 0.454. The summed E-state index contributed by atoms with van der Waals surface area (Å²) in [6.07, 6.45) is 9.05. The molecule has 1 amide bonds. The third kappa shape index (κ3) is 4.35. The highest BCUT2D eigenvalue weighted by atomic mass is 16.2. The Balaban J connectivity index is 1.38. The highest BCUT2D eigenvalue weighted by Gasteiger charge is 2.21. The molecule has 1 aromatic carbocycles. The van der Waals surface area contributed by atoms with Gasteiger partial charge in [-0.15, -0.1) is 0 Å². The second kappa shape index (κ2) is 8.86. The van der Waals surface area contributed by atoms with Crippen molar-refractivity contribution in [1.29, 1.82) is 0 Å². The average molecular weight is 439 g/mol. The van der Waals surface area contributed by atoms with Gasteiger partial charge in [-0.05, 0) is 43.7 Å². The van der Waals surface area contributed by atoms with E-state index in [-0.39, 0.29) is 5.91 Å². The molecule has 0 atom stereocenters. The largest absolute Gasteiger partial charge is 0.337 e. The van der Waals surface area contributed by atoms with Gasteiger partial charge >= 0.3 is 0 Å². The minimum Gasteiger partial charge on any atom is -0.337 e. The molecule has 0 radical (unpaired) electrons. The number of rotatable bonds is 4. The van der Waals surface area contributed by atoms with Crippen molar-refractivity contribution in [3.05, 3.63) is 84.0 Å². The highest BCUT2D eigenvalue weighted by Crippen LogP contribution is 2.26. The van der Waals surface area contributed by atoms with Gasteiger partial charge in [0.15, 0.2) is 0 Å². The Hall–Kier alpha value is -4.00. The van der Waals surface area contributed by atoms with Gasteiger partial charge in [0.05, 0.1) is 11.4 Å². The van der Waals surface area contributed by atoms with Gasteiger partial charge in [-0.25, -0.2) is 15.0 Å². The van der Waals surface area contributed by atoms with E-state index in [4.69, 9.17) is 4.98 Å². The van der Waals surface area contributed by atoms with E-state index >= 15 is 0 Å². The van der Waals surface area contributed by atoms with Crippen molar-refractivity contribution >= 4 is 23.6 Å². The molecule has 1 aliphatic heterocycles. The van der Waals surface area contributed by atoms with Crippen molar-refractivity contribution in [3.8, 4) is 11.3 Å². The number of amides is 1. The van der Waals surface area contributed by atoms with Gasteiger partial charge in [-0.1, -0.05) is 29.8 Å². The van der Waals surface area contributed by atoms with Gasteiger partial charge in [-0.2, -0.15) is 0 Å². The molecule has 0 bridgehead atoms. The van der Waals surface area contributed by atoms with Crippen LogP contribution >= 0.6 is 0 Å². The number of hydrogen-bond donors (Lipinski definition) is 0. The van der Waals surface area contributed by atoms with Crippen LogP contribution in [0.5, 0.6) is 0 Å². The number of carbonyl (C=O) groups excluding carboxylic acids is 1. The lowest BCUT2D eigenvalue weighted by atomic mass is 10.1. The summed E-state index contributed by atoms with van der Waals surface area (Å²) in [7, 11) is 0. The van der Waals surface area contributed by atoms with Gasteiger partial charge in [0.25, 0.3) is 0 Å². The molecule has 4 heterocycles. The Labute approximate surface area is 193 Å². The van der Waals surface area contributed by atoms with Crippen molar-refractivity contribution < 1.29 is 4.79 Å². The molecule has 0 saturated carbocycles. The minimum absolute atomic E-state index is 0.000507. The maximum Gasteiger partial charge on any atom is 0.246 e. The molecule has 0 unspecified atom stereocenters. The molecular formula is C26H26N6O. The Morgan fingerprint density at radius 3 is 2.39 bits per heavy atom. The van der Waals surface area contributed by atoms with Crippen molar-refractivity contribution in [1.82, 2.24) is 24.3 Å². The molecule has 0 N–H and O–H groups in total. The molecule has 1 saturated heterocycles. The van der Waals surface area contributed by atoms with Crippen molar-refractivity contribution in [2.45, 2.75) is 13.8 Å². The van der Waals surface area contributed by atoms with Crippen LogP contribution in [0.2, 0.25) is 0 Å². The van der Waals surface area contributed by atoms with E-state index < -0.39 is 0 Å². The number of fused-ring (bicyclic) bond motifs is 1. The minimum atomic E-state index is 0.000507. The SMILES string of the molecule is Cc1ccc(-c2nc3cc(C)ccn3c2/C=C/C(=O)N2CCN(c3ncccn3)CC2)cc1. The van der Waals surface area contributed by atoms with Crippen molar-refractivity contribution in [2.75, 3.05) is 31.1 Å². The van der Waals surface area contributed by atoms with E-state index in [1.807, 2.05) is 21.6 Å². The molecule has 33 heavy (non-hydrogen) atoms. The molecule has 0 aliphatic carbocycles. The van der Waals surface area contributed by atoms with Gasteiger partial charge in [0, 0.05) is 56.4 Å². The first kappa shape index (κ1) is 20.9. The number of carbonyl (C=O) groups is 1. The summed E-state index contributed by atoms with van der Waals surface area (Å²) in [5, 5.41) is 0. The fraction of sp³-hybridized carbons (Fsp3) is 0.231. The normalized spacial score (nSPS) is 14.4. The number of benzene rings is 1. The predicted octanol–water partition coefficient (Wildman–Crippen LogP) is 3.77. The maximum absolute atomic E-state index is 13.0. The van der Waals surface area contributed by atoms with Crippen LogP contribution in [-0.4, -0.2) is 56.3 Å². The Kier molecular flexibility index (Phi) is 5.60. The second-order valence-electron chi connectivity index (χ2n) is 8.34. The Bertz CT molecular complexity index is 1300. The van der Waals surface area contributed by atoms with Crippen LogP contribution in [-0.2, 0) is 4.79 Å². The molecule has 166 valence electrons. The number of aromatic nitrogens is 4. The summed E-state index contributed by atoms with van der Waals surface area (Å²) in [5.41, 5.74) is 6.02. The molecule has 0 spiro atoms. The predicted molar refractivity (Wildman–Crippen MR) is 130 cm³/mol. The molecule has 7 nitrogen and oxygen atoms in total. The standard InChI is InChI=1S/C26H26N6O/c1-19-4-6-21(7-5-19)25-22(32-13-10-20(2)18-23(32)29-25)8-9-24(33)30-14-16-31(17-15-30)26-27-11-3-12-28-26/h3-13,18H,14-17H2,1-2H3/b9-8+. The van der Waals surface area contributed by atoms with E-state index in [0.717, 1.165) is 28.2 Å². The molecule has 1 fully saturated rings. The summed E-state index contributed by atoms with van der Waals surface area (Å²) in [5.74, 6) is 0.712. The fourth-order valence-electron chi connectivity index (χ4n) is 4.09. The lowest BCUT2D eigenvalue weighted by Gasteiger charge is -2.34. The zero-order valence-electron chi connectivity index (χ0n) is 18.8. The Morgan fingerprint density at radius 1 is 0.939 bits per heavy atom. The van der Waals surface area contributed by atoms with Crippen LogP contribution in [0.4, 0.5) is 5.95 Å². The number of hydrogen-bond acceptors (Lipinski definition) is 5. The van der Waals surface area contributed by atoms with Crippen LogP contribution in [0.1, 0.15) is 16.8 Å². The number of nitrogens with zero attached hydrogens (tertiary/aromatic N) is 6. The number of anilines is 1. The second-order valence-corrected chi connectivity index (χ2v) is 8.34. The van der Waals surface area contributed by atoms with E-state index in [0.29, 0.717) is 32.1 Å². The summed E-state index contributed by atoms with van der Waals surface area (Å²) >= 11 is 0. The zero-order valence-corrected chi connectivity index (χ0v) is 18.8. The van der Waals surface area contributed by atoms with Crippen molar-refractivity contribution in [3.63, 3.8) is 0 Å². The van der Waals surface area contributed by atoms with E-state index in [1.165, 1.54) is 5.56 Å². The van der Waals surface area contributed by atoms with E-state index in [1.54, 1.807) is 24.5 Å². The number of pyridine rings is 1. The lowest BCUT2D eigenvalue weighted by molar-refractivity contribution is -0.126. The summed E-state index contributed by atoms with van der Waals surface area (Å²) < 4.78 is 2.04. The fourth-order valence-corrected chi connectivity index (χ4v) is 4.09. The van der Waals surface area contributed by atoms with Crippen LogP contribution < -0.4 is 4.90 Å². The first-order valence-electron chi connectivity index (χ1n) is 11.1. The maximum atomic E-state index is 13.0. The van der Waals surface area contributed by atoms with Crippen LogP contribution in [0.15, 0.2) is 67.1 Å².